The molecule has 2 N–H and O–H groups in total. The first-order chi connectivity index (χ1) is 5.25. The topological polar surface area (TPSA) is 49.3 Å². The summed E-state index contributed by atoms with van der Waals surface area (Å²) in [5.41, 5.74) is 0. The fourth-order valence-corrected chi connectivity index (χ4v) is 2.44. The average molecular weight is 175 g/mol. The lowest BCUT2D eigenvalue weighted by Gasteiger charge is -2.13. The Kier molecular flexibility index (Phi) is 3.20. The van der Waals surface area contributed by atoms with E-state index in [2.05, 4.69) is 12.2 Å². The van der Waals surface area contributed by atoms with Crippen molar-refractivity contribution >= 4 is 17.7 Å². The lowest BCUT2D eigenvalue weighted by Crippen LogP contribution is -2.36. The third kappa shape index (κ3) is 2.10. The quantitative estimate of drug-likeness (QED) is 0.658. The Morgan fingerprint density at radius 3 is 3.09 bits per heavy atom. The molecule has 64 valence electrons. The predicted octanol–water partition coefficient (Wildman–Crippen LogP) is 0.555. The standard InChI is InChI=1S/C7H13NO2S/c1-2-11-5-3-4-8-6(5)7(9)10/h5-6,8H,2-4H2,1H3,(H,9,10)/t5-,6+/m0/s1. The molecule has 0 aromatic heterocycles. The van der Waals surface area contributed by atoms with E-state index in [1.54, 1.807) is 11.8 Å². The highest BCUT2D eigenvalue weighted by Crippen LogP contribution is 2.22. The van der Waals surface area contributed by atoms with Gasteiger partial charge in [0.05, 0.1) is 0 Å². The summed E-state index contributed by atoms with van der Waals surface area (Å²) in [4.78, 5) is 10.6. The van der Waals surface area contributed by atoms with Crippen LogP contribution in [0.2, 0.25) is 0 Å². The van der Waals surface area contributed by atoms with Crippen LogP contribution in [0, 0.1) is 0 Å². The Balaban J connectivity index is 2.44. The van der Waals surface area contributed by atoms with Crippen molar-refractivity contribution in [2.45, 2.75) is 24.6 Å². The summed E-state index contributed by atoms with van der Waals surface area (Å²) in [7, 11) is 0. The summed E-state index contributed by atoms with van der Waals surface area (Å²) in [5.74, 6) is 0.282. The van der Waals surface area contributed by atoms with Crippen LogP contribution in [0.1, 0.15) is 13.3 Å². The normalized spacial score (nSPS) is 30.6. The number of carboxylic acid groups (broad SMARTS) is 1. The van der Waals surface area contributed by atoms with Crippen LogP contribution in [0.25, 0.3) is 0 Å². The summed E-state index contributed by atoms with van der Waals surface area (Å²) in [6.07, 6.45) is 0.982. The number of aliphatic carboxylic acids is 1. The SMILES string of the molecule is CCS[C@H]1CCN[C@H]1C(=O)O. The highest BCUT2D eigenvalue weighted by molar-refractivity contribution is 7.99. The molecular formula is C7H13NO2S. The van der Waals surface area contributed by atoms with E-state index in [-0.39, 0.29) is 11.3 Å². The molecule has 0 radical (unpaired) electrons. The van der Waals surface area contributed by atoms with Crippen molar-refractivity contribution in [1.82, 2.24) is 5.32 Å². The zero-order valence-corrected chi connectivity index (χ0v) is 7.36. The largest absolute Gasteiger partial charge is 0.480 e. The molecule has 0 amide bonds. The third-order valence-electron chi connectivity index (χ3n) is 1.81. The van der Waals surface area contributed by atoms with E-state index in [0.717, 1.165) is 18.7 Å². The molecule has 0 aliphatic carbocycles. The minimum absolute atomic E-state index is 0.275. The smallest absolute Gasteiger partial charge is 0.321 e. The van der Waals surface area contributed by atoms with Crippen LogP contribution < -0.4 is 5.32 Å². The van der Waals surface area contributed by atoms with Gasteiger partial charge in [-0.3, -0.25) is 4.79 Å². The molecule has 0 bridgehead atoms. The van der Waals surface area contributed by atoms with Crippen LogP contribution >= 0.6 is 11.8 Å². The van der Waals surface area contributed by atoms with Gasteiger partial charge in [0.15, 0.2) is 0 Å². The van der Waals surface area contributed by atoms with E-state index in [4.69, 9.17) is 5.11 Å². The summed E-state index contributed by atoms with van der Waals surface area (Å²) in [6, 6.07) is -0.319. The Bertz CT molecular complexity index is 151. The molecule has 1 fully saturated rings. The maximum Gasteiger partial charge on any atom is 0.321 e. The number of carboxylic acids is 1. The fourth-order valence-electron chi connectivity index (χ4n) is 1.32. The van der Waals surface area contributed by atoms with E-state index in [1.165, 1.54) is 0 Å². The van der Waals surface area contributed by atoms with Crippen molar-refractivity contribution < 1.29 is 9.90 Å². The minimum atomic E-state index is -0.714. The van der Waals surface area contributed by atoms with Gasteiger partial charge in [0.1, 0.15) is 6.04 Å². The molecule has 1 aliphatic rings. The molecule has 0 spiro atoms. The maximum atomic E-state index is 10.6. The molecule has 1 aliphatic heterocycles. The van der Waals surface area contributed by atoms with Crippen molar-refractivity contribution in [1.29, 1.82) is 0 Å². The third-order valence-corrected chi connectivity index (χ3v) is 3.08. The number of thioether (sulfide) groups is 1. The molecule has 1 rings (SSSR count). The molecule has 2 atom stereocenters. The van der Waals surface area contributed by atoms with Crippen LogP contribution in [-0.2, 0) is 4.79 Å². The van der Waals surface area contributed by atoms with Crippen molar-refractivity contribution in [2.24, 2.45) is 0 Å². The zero-order valence-electron chi connectivity index (χ0n) is 6.54. The van der Waals surface area contributed by atoms with Gasteiger partial charge in [-0.05, 0) is 18.7 Å². The second kappa shape index (κ2) is 3.97. The van der Waals surface area contributed by atoms with Crippen LogP contribution in [0.15, 0.2) is 0 Å². The molecule has 0 aromatic rings. The Hall–Kier alpha value is -0.220. The molecule has 1 heterocycles. The van der Waals surface area contributed by atoms with Crippen LogP contribution in [-0.4, -0.2) is 34.7 Å². The zero-order chi connectivity index (χ0) is 8.27. The average Bonchev–Trinajstić information content (AvgIpc) is 2.36. The van der Waals surface area contributed by atoms with E-state index in [1.807, 2.05) is 0 Å². The van der Waals surface area contributed by atoms with Gasteiger partial charge in [-0.1, -0.05) is 6.92 Å². The summed E-state index contributed by atoms with van der Waals surface area (Å²) >= 11 is 1.73. The first-order valence-corrected chi connectivity index (χ1v) is 4.88. The van der Waals surface area contributed by atoms with E-state index >= 15 is 0 Å². The van der Waals surface area contributed by atoms with Crippen LogP contribution in [0.3, 0.4) is 0 Å². The first kappa shape index (κ1) is 8.87. The van der Waals surface area contributed by atoms with Gasteiger partial charge in [-0.2, -0.15) is 11.8 Å². The van der Waals surface area contributed by atoms with Gasteiger partial charge >= 0.3 is 5.97 Å². The van der Waals surface area contributed by atoms with Crippen molar-refractivity contribution in [2.75, 3.05) is 12.3 Å². The van der Waals surface area contributed by atoms with E-state index in [0.29, 0.717) is 0 Å². The number of hydrogen-bond acceptors (Lipinski definition) is 3. The number of carbonyl (C=O) groups is 1. The minimum Gasteiger partial charge on any atom is -0.480 e. The van der Waals surface area contributed by atoms with Crippen molar-refractivity contribution in [3.8, 4) is 0 Å². The highest BCUT2D eigenvalue weighted by atomic mass is 32.2. The first-order valence-electron chi connectivity index (χ1n) is 3.83. The Labute approximate surface area is 70.6 Å². The molecule has 0 aromatic carbocycles. The second-order valence-electron chi connectivity index (χ2n) is 2.55. The molecule has 0 saturated carbocycles. The van der Waals surface area contributed by atoms with Gasteiger partial charge in [0.2, 0.25) is 0 Å². The predicted molar refractivity (Wildman–Crippen MR) is 46.0 cm³/mol. The molecule has 3 nitrogen and oxygen atoms in total. The monoisotopic (exact) mass is 175 g/mol. The molecule has 4 heteroatoms. The Morgan fingerprint density at radius 2 is 2.55 bits per heavy atom. The van der Waals surface area contributed by atoms with Gasteiger partial charge in [0.25, 0.3) is 0 Å². The van der Waals surface area contributed by atoms with E-state index in [9.17, 15) is 4.79 Å². The molecule has 1 saturated heterocycles. The molecule has 0 unspecified atom stereocenters. The van der Waals surface area contributed by atoms with E-state index < -0.39 is 5.97 Å². The Morgan fingerprint density at radius 1 is 1.82 bits per heavy atom. The van der Waals surface area contributed by atoms with Crippen molar-refractivity contribution in [3.63, 3.8) is 0 Å². The van der Waals surface area contributed by atoms with Crippen molar-refractivity contribution in [3.05, 3.63) is 0 Å². The summed E-state index contributed by atoms with van der Waals surface area (Å²) in [5, 5.41) is 12.0. The maximum absolute atomic E-state index is 10.6. The summed E-state index contributed by atoms with van der Waals surface area (Å²) < 4.78 is 0. The number of nitrogens with one attached hydrogen (secondary N) is 1. The van der Waals surface area contributed by atoms with Crippen LogP contribution in [0.4, 0.5) is 0 Å². The number of hydrogen-bond donors (Lipinski definition) is 2. The second-order valence-corrected chi connectivity index (χ2v) is 4.07. The molecular weight excluding hydrogens is 162 g/mol. The van der Waals surface area contributed by atoms with Crippen LogP contribution in [0.5, 0.6) is 0 Å². The molecule has 11 heavy (non-hydrogen) atoms. The van der Waals surface area contributed by atoms with Gasteiger partial charge in [0, 0.05) is 5.25 Å². The van der Waals surface area contributed by atoms with Gasteiger partial charge < -0.3 is 10.4 Å². The van der Waals surface area contributed by atoms with Gasteiger partial charge in [-0.25, -0.2) is 0 Å². The number of rotatable bonds is 3. The highest BCUT2D eigenvalue weighted by Gasteiger charge is 2.31. The fraction of sp³-hybridized carbons (Fsp3) is 0.857. The summed E-state index contributed by atoms with van der Waals surface area (Å²) in [6.45, 7) is 2.90. The lowest BCUT2D eigenvalue weighted by molar-refractivity contribution is -0.138. The van der Waals surface area contributed by atoms with Gasteiger partial charge in [-0.15, -0.1) is 0 Å². The lowest BCUT2D eigenvalue weighted by atomic mass is 10.2.